The van der Waals surface area contributed by atoms with E-state index in [-0.39, 0.29) is 0 Å². The van der Waals surface area contributed by atoms with Crippen LogP contribution >= 0.6 is 8.58 Å². The van der Waals surface area contributed by atoms with Crippen LogP contribution in [0.15, 0.2) is 6.07 Å². The molecule has 0 aromatic carbocycles. The molecule has 0 amide bonds. The molecule has 50 valence electrons. The van der Waals surface area contributed by atoms with Gasteiger partial charge in [0.05, 0.1) is 11.1 Å². The lowest BCUT2D eigenvalue weighted by Gasteiger charge is -1.92. The van der Waals surface area contributed by atoms with Crippen molar-refractivity contribution in [3.05, 3.63) is 11.8 Å². The molecule has 1 rings (SSSR count). The summed E-state index contributed by atoms with van der Waals surface area (Å²) in [6.07, 6.45) is 0. The fourth-order valence-corrected chi connectivity index (χ4v) is 1.57. The number of aromatic nitrogens is 2. The van der Waals surface area contributed by atoms with Crippen molar-refractivity contribution >= 4 is 14.0 Å². The van der Waals surface area contributed by atoms with Crippen molar-refractivity contribution in [2.75, 3.05) is 6.66 Å². The molecule has 1 aromatic rings. The Bertz CT molecular complexity index is 205. The maximum atomic E-state index is 4.21. The van der Waals surface area contributed by atoms with Gasteiger partial charge in [0.2, 0.25) is 0 Å². The Balaban J connectivity index is 3.01. The third-order valence-electron chi connectivity index (χ3n) is 1.26. The van der Waals surface area contributed by atoms with Gasteiger partial charge in [-0.3, -0.25) is 4.68 Å². The Morgan fingerprint density at radius 2 is 2.33 bits per heavy atom. The van der Waals surface area contributed by atoms with E-state index in [4.69, 9.17) is 0 Å². The molecule has 0 aliphatic heterocycles. The highest BCUT2D eigenvalue weighted by Crippen LogP contribution is 2.02. The lowest BCUT2D eigenvalue weighted by atomic mass is 10.5. The van der Waals surface area contributed by atoms with Gasteiger partial charge in [-0.2, -0.15) is 5.10 Å². The van der Waals surface area contributed by atoms with Crippen LogP contribution in [0.4, 0.5) is 0 Å². The van der Waals surface area contributed by atoms with Gasteiger partial charge in [-0.25, -0.2) is 0 Å². The molecule has 1 heterocycles. The zero-order valence-corrected chi connectivity index (χ0v) is 6.97. The summed E-state index contributed by atoms with van der Waals surface area (Å²) in [5, 5.41) is 4.21. The summed E-state index contributed by atoms with van der Waals surface area (Å²) in [7, 11) is 2.84. The molecule has 3 heteroatoms. The lowest BCUT2D eigenvalue weighted by Crippen LogP contribution is -2.06. The van der Waals surface area contributed by atoms with E-state index >= 15 is 0 Å². The van der Waals surface area contributed by atoms with E-state index in [0.717, 1.165) is 14.3 Å². The van der Waals surface area contributed by atoms with E-state index in [1.54, 1.807) is 0 Å². The minimum atomic E-state index is 0.850. The zero-order valence-electron chi connectivity index (χ0n) is 5.97. The van der Waals surface area contributed by atoms with E-state index < -0.39 is 0 Å². The quantitative estimate of drug-likeness (QED) is 0.527. The normalized spacial score (nSPS) is 11.4. The smallest absolute Gasteiger partial charge is 0.0600 e. The summed E-state index contributed by atoms with van der Waals surface area (Å²) in [6.45, 7) is 4.18. The minimum Gasteiger partial charge on any atom is -0.268 e. The molecule has 1 unspecified atom stereocenters. The predicted octanol–water partition coefficient (Wildman–Crippen LogP) is 0.662. The molecule has 9 heavy (non-hydrogen) atoms. The van der Waals surface area contributed by atoms with Crippen LogP contribution in [0, 0.1) is 6.92 Å². The highest BCUT2D eigenvalue weighted by molar-refractivity contribution is 7.46. The van der Waals surface area contributed by atoms with Gasteiger partial charge in [-0.05, 0) is 19.7 Å². The summed E-state index contributed by atoms with van der Waals surface area (Å²) in [5.41, 5.74) is 2.44. The van der Waals surface area contributed by atoms with Gasteiger partial charge in [-0.15, -0.1) is 0 Å². The molecule has 0 bridgehead atoms. The van der Waals surface area contributed by atoms with Crippen LogP contribution in [0.3, 0.4) is 0 Å². The first-order valence-corrected chi connectivity index (χ1v) is 4.42. The number of aryl methyl sites for hydroxylation is 2. The molecule has 0 saturated heterocycles. The molecule has 2 nitrogen and oxygen atoms in total. The van der Waals surface area contributed by atoms with Crippen molar-refractivity contribution in [3.8, 4) is 0 Å². The molecule has 0 saturated carbocycles. The Kier molecular flexibility index (Phi) is 1.87. The number of rotatable bonds is 1. The monoisotopic (exact) mass is 142 g/mol. The van der Waals surface area contributed by atoms with Crippen molar-refractivity contribution < 1.29 is 0 Å². The highest BCUT2D eigenvalue weighted by Gasteiger charge is 1.96. The molecule has 0 radical (unpaired) electrons. The average molecular weight is 142 g/mol. The second-order valence-corrected chi connectivity index (χ2v) is 3.06. The minimum absolute atomic E-state index is 0.850. The van der Waals surface area contributed by atoms with Crippen molar-refractivity contribution in [2.45, 2.75) is 6.92 Å². The van der Waals surface area contributed by atoms with Gasteiger partial charge in [-0.1, -0.05) is 8.58 Å². The summed E-state index contributed by atoms with van der Waals surface area (Å²) in [6, 6.07) is 2.12. The van der Waals surface area contributed by atoms with Crippen molar-refractivity contribution in [3.63, 3.8) is 0 Å². The Morgan fingerprint density at radius 1 is 1.67 bits per heavy atom. The predicted molar refractivity (Wildman–Crippen MR) is 41.8 cm³/mol. The van der Waals surface area contributed by atoms with Crippen molar-refractivity contribution in [1.29, 1.82) is 0 Å². The maximum absolute atomic E-state index is 4.21. The van der Waals surface area contributed by atoms with Crippen LogP contribution in [-0.2, 0) is 7.05 Å². The fraction of sp³-hybridized carbons (Fsp3) is 0.500. The molecule has 0 N–H and O–H groups in total. The number of hydrogen-bond acceptors (Lipinski definition) is 1. The summed E-state index contributed by atoms with van der Waals surface area (Å²) >= 11 is 0. The maximum Gasteiger partial charge on any atom is 0.0600 e. The van der Waals surface area contributed by atoms with Crippen molar-refractivity contribution in [1.82, 2.24) is 9.78 Å². The van der Waals surface area contributed by atoms with Gasteiger partial charge < -0.3 is 0 Å². The van der Waals surface area contributed by atoms with E-state index in [0.29, 0.717) is 0 Å². The SMILES string of the molecule is CPc1cc(C)nn1C. The fourth-order valence-electron chi connectivity index (χ4n) is 0.845. The van der Waals surface area contributed by atoms with Crippen LogP contribution in [-0.4, -0.2) is 16.4 Å². The Hall–Kier alpha value is -0.360. The van der Waals surface area contributed by atoms with E-state index in [2.05, 4.69) is 17.8 Å². The largest absolute Gasteiger partial charge is 0.268 e. The Morgan fingerprint density at radius 3 is 2.56 bits per heavy atom. The van der Waals surface area contributed by atoms with Gasteiger partial charge in [0.1, 0.15) is 0 Å². The van der Waals surface area contributed by atoms with Crippen LogP contribution in [0.2, 0.25) is 0 Å². The molecule has 0 aliphatic carbocycles. The molecule has 0 spiro atoms. The van der Waals surface area contributed by atoms with E-state index in [1.807, 2.05) is 18.7 Å². The van der Waals surface area contributed by atoms with E-state index in [9.17, 15) is 0 Å². The first-order chi connectivity index (χ1) is 4.24. The van der Waals surface area contributed by atoms with E-state index in [1.165, 1.54) is 5.44 Å². The van der Waals surface area contributed by atoms with Crippen molar-refractivity contribution in [2.24, 2.45) is 7.05 Å². The van der Waals surface area contributed by atoms with Crippen LogP contribution < -0.4 is 5.44 Å². The molecule has 1 atom stereocenters. The molecule has 0 aliphatic rings. The van der Waals surface area contributed by atoms with Gasteiger partial charge in [0, 0.05) is 7.05 Å². The van der Waals surface area contributed by atoms with Crippen LogP contribution in [0.5, 0.6) is 0 Å². The number of hydrogen-bond donors (Lipinski definition) is 0. The first kappa shape index (κ1) is 6.76. The zero-order chi connectivity index (χ0) is 6.85. The van der Waals surface area contributed by atoms with Crippen LogP contribution in [0.25, 0.3) is 0 Å². The molecular formula is C6H11N2P. The highest BCUT2D eigenvalue weighted by atomic mass is 31.1. The number of nitrogens with zero attached hydrogens (tertiary/aromatic N) is 2. The second-order valence-electron chi connectivity index (χ2n) is 2.04. The van der Waals surface area contributed by atoms with Gasteiger partial charge >= 0.3 is 0 Å². The lowest BCUT2D eigenvalue weighted by molar-refractivity contribution is 0.777. The standard InChI is InChI=1S/C6H11N2P/c1-5-4-6(9-3)8(2)7-5/h4,9H,1-3H3. The summed E-state index contributed by atoms with van der Waals surface area (Å²) in [5.74, 6) is 0. The third kappa shape index (κ3) is 1.31. The second kappa shape index (κ2) is 2.49. The molecule has 0 fully saturated rings. The molecule has 1 aromatic heterocycles. The first-order valence-electron chi connectivity index (χ1n) is 2.92. The van der Waals surface area contributed by atoms with Gasteiger partial charge in [0.25, 0.3) is 0 Å². The topological polar surface area (TPSA) is 17.8 Å². The summed E-state index contributed by atoms with van der Waals surface area (Å²) < 4.78 is 1.94. The molecular weight excluding hydrogens is 131 g/mol. The average Bonchev–Trinajstić information content (AvgIpc) is 2.10. The van der Waals surface area contributed by atoms with Gasteiger partial charge in [0.15, 0.2) is 0 Å². The summed E-state index contributed by atoms with van der Waals surface area (Å²) in [4.78, 5) is 0. The van der Waals surface area contributed by atoms with Crippen LogP contribution in [0.1, 0.15) is 5.69 Å². The third-order valence-corrected chi connectivity index (χ3v) is 2.24. The Labute approximate surface area is 57.0 Å².